The van der Waals surface area contributed by atoms with Gasteiger partial charge in [0.05, 0.1) is 0 Å². The minimum atomic E-state index is 0.796. The highest BCUT2D eigenvalue weighted by molar-refractivity contribution is 7.99. The van der Waals surface area contributed by atoms with Crippen LogP contribution < -0.4 is 0 Å². The highest BCUT2D eigenvalue weighted by Gasteiger charge is 1.99. The molecule has 76 valence electrons. The van der Waals surface area contributed by atoms with Crippen molar-refractivity contribution < 1.29 is 0 Å². The third-order valence-electron chi connectivity index (χ3n) is 1.99. The van der Waals surface area contributed by atoms with Crippen LogP contribution in [0.3, 0.4) is 0 Å². The summed E-state index contributed by atoms with van der Waals surface area (Å²) in [6, 6.07) is 8.36. The van der Waals surface area contributed by atoms with Crippen LogP contribution in [0.5, 0.6) is 0 Å². The molecule has 2 nitrogen and oxygen atoms in total. The van der Waals surface area contributed by atoms with Crippen LogP contribution in [0.15, 0.2) is 46.7 Å². The molecule has 0 radical (unpaired) electrons. The zero-order valence-electron chi connectivity index (χ0n) is 8.77. The fourth-order valence-corrected chi connectivity index (χ4v) is 1.84. The number of aryl methyl sites for hydroxylation is 2. The molecule has 3 heteroatoms. The van der Waals surface area contributed by atoms with Crippen molar-refractivity contribution in [1.82, 2.24) is 9.97 Å². The smallest absolute Gasteiger partial charge is 0.192 e. The lowest BCUT2D eigenvalue weighted by atomic mass is 10.2. The van der Waals surface area contributed by atoms with Gasteiger partial charge in [-0.05, 0) is 43.3 Å². The van der Waals surface area contributed by atoms with Gasteiger partial charge in [-0.3, -0.25) is 0 Å². The number of benzene rings is 1. The third-order valence-corrected chi connectivity index (χ3v) is 2.89. The molecular formula is C12H12N2S. The van der Waals surface area contributed by atoms with Crippen LogP contribution >= 0.6 is 11.8 Å². The highest BCUT2D eigenvalue weighted by atomic mass is 32.2. The summed E-state index contributed by atoms with van der Waals surface area (Å²) in [5, 5.41) is 0.796. The Morgan fingerprint density at radius 1 is 0.867 bits per heavy atom. The maximum Gasteiger partial charge on any atom is 0.192 e. The van der Waals surface area contributed by atoms with Gasteiger partial charge in [0.2, 0.25) is 0 Å². The second-order valence-electron chi connectivity index (χ2n) is 3.46. The average molecular weight is 216 g/mol. The van der Waals surface area contributed by atoms with Crippen LogP contribution in [0.4, 0.5) is 0 Å². The zero-order valence-corrected chi connectivity index (χ0v) is 9.58. The van der Waals surface area contributed by atoms with E-state index in [2.05, 4.69) is 41.2 Å². The van der Waals surface area contributed by atoms with Gasteiger partial charge in [-0.15, -0.1) is 0 Å². The van der Waals surface area contributed by atoms with E-state index in [1.807, 2.05) is 19.3 Å². The van der Waals surface area contributed by atoms with E-state index < -0.39 is 0 Å². The summed E-state index contributed by atoms with van der Waals surface area (Å²) in [5.41, 5.74) is 2.35. The Kier molecular flexibility index (Phi) is 3.02. The van der Waals surface area contributed by atoms with E-state index in [1.165, 1.54) is 10.5 Å². The lowest BCUT2D eigenvalue weighted by molar-refractivity contribution is 0.950. The molecule has 0 saturated heterocycles. The molecule has 2 rings (SSSR count). The van der Waals surface area contributed by atoms with Gasteiger partial charge in [0.1, 0.15) is 0 Å². The molecule has 1 heterocycles. The SMILES string of the molecule is Cc1ccc(Sc2ncc(C)cn2)cc1. The zero-order chi connectivity index (χ0) is 10.7. The second kappa shape index (κ2) is 4.45. The summed E-state index contributed by atoms with van der Waals surface area (Å²) in [5.74, 6) is 0. The first-order valence-corrected chi connectivity index (χ1v) is 5.59. The number of hydrogen-bond acceptors (Lipinski definition) is 3. The molecular weight excluding hydrogens is 204 g/mol. The van der Waals surface area contributed by atoms with Crippen LogP contribution in [-0.4, -0.2) is 9.97 Å². The minimum Gasteiger partial charge on any atom is -0.231 e. The van der Waals surface area contributed by atoms with Gasteiger partial charge in [-0.1, -0.05) is 17.7 Å². The van der Waals surface area contributed by atoms with Crippen molar-refractivity contribution in [2.45, 2.75) is 23.9 Å². The van der Waals surface area contributed by atoms with Gasteiger partial charge in [0, 0.05) is 17.3 Å². The number of hydrogen-bond donors (Lipinski definition) is 0. The summed E-state index contributed by atoms with van der Waals surface area (Å²) in [6.07, 6.45) is 3.67. The van der Waals surface area contributed by atoms with Crippen LogP contribution in [0.2, 0.25) is 0 Å². The maximum absolute atomic E-state index is 4.25. The number of aromatic nitrogens is 2. The maximum atomic E-state index is 4.25. The highest BCUT2D eigenvalue weighted by Crippen LogP contribution is 2.24. The Labute approximate surface area is 93.8 Å². The van der Waals surface area contributed by atoms with Crippen molar-refractivity contribution in [3.63, 3.8) is 0 Å². The van der Waals surface area contributed by atoms with E-state index in [0.29, 0.717) is 0 Å². The monoisotopic (exact) mass is 216 g/mol. The van der Waals surface area contributed by atoms with E-state index in [9.17, 15) is 0 Å². The molecule has 0 saturated carbocycles. The molecule has 0 atom stereocenters. The molecule has 1 aromatic heterocycles. The van der Waals surface area contributed by atoms with Crippen LogP contribution in [0, 0.1) is 13.8 Å². The van der Waals surface area contributed by atoms with Gasteiger partial charge < -0.3 is 0 Å². The Balaban J connectivity index is 2.15. The van der Waals surface area contributed by atoms with E-state index in [4.69, 9.17) is 0 Å². The molecule has 0 unspecified atom stereocenters. The number of nitrogens with zero attached hydrogens (tertiary/aromatic N) is 2. The predicted molar refractivity (Wildman–Crippen MR) is 62.1 cm³/mol. The largest absolute Gasteiger partial charge is 0.231 e. The Morgan fingerprint density at radius 3 is 2.07 bits per heavy atom. The van der Waals surface area contributed by atoms with Gasteiger partial charge in [-0.2, -0.15) is 0 Å². The van der Waals surface area contributed by atoms with Crippen molar-refractivity contribution >= 4 is 11.8 Å². The fourth-order valence-electron chi connectivity index (χ4n) is 1.15. The van der Waals surface area contributed by atoms with Crippen molar-refractivity contribution in [3.8, 4) is 0 Å². The van der Waals surface area contributed by atoms with Crippen LogP contribution in [-0.2, 0) is 0 Å². The quantitative estimate of drug-likeness (QED) is 0.721. The Hall–Kier alpha value is -1.35. The summed E-state index contributed by atoms with van der Waals surface area (Å²) in [7, 11) is 0. The molecule has 2 aromatic rings. The molecule has 0 N–H and O–H groups in total. The second-order valence-corrected chi connectivity index (χ2v) is 4.50. The van der Waals surface area contributed by atoms with Crippen molar-refractivity contribution in [1.29, 1.82) is 0 Å². The molecule has 0 aliphatic carbocycles. The molecule has 0 bridgehead atoms. The summed E-state index contributed by atoms with van der Waals surface area (Å²) < 4.78 is 0. The third kappa shape index (κ3) is 2.80. The van der Waals surface area contributed by atoms with E-state index in [1.54, 1.807) is 11.8 Å². The summed E-state index contributed by atoms with van der Waals surface area (Å²) >= 11 is 1.58. The molecule has 0 spiro atoms. The normalized spacial score (nSPS) is 10.3. The standard InChI is InChI=1S/C12H12N2S/c1-9-3-5-11(6-4-9)15-12-13-7-10(2)8-14-12/h3-8H,1-2H3. The van der Waals surface area contributed by atoms with Crippen molar-refractivity contribution in [3.05, 3.63) is 47.8 Å². The lowest BCUT2D eigenvalue weighted by Crippen LogP contribution is -1.86. The van der Waals surface area contributed by atoms with Gasteiger partial charge in [-0.25, -0.2) is 9.97 Å². The van der Waals surface area contributed by atoms with E-state index in [0.717, 1.165) is 10.7 Å². The Morgan fingerprint density at radius 2 is 1.47 bits per heavy atom. The van der Waals surface area contributed by atoms with Gasteiger partial charge >= 0.3 is 0 Å². The van der Waals surface area contributed by atoms with Crippen LogP contribution in [0.1, 0.15) is 11.1 Å². The first-order chi connectivity index (χ1) is 7.24. The van der Waals surface area contributed by atoms with Crippen molar-refractivity contribution in [2.24, 2.45) is 0 Å². The first kappa shape index (κ1) is 10.2. The van der Waals surface area contributed by atoms with Crippen molar-refractivity contribution in [2.75, 3.05) is 0 Å². The molecule has 0 aliphatic rings. The van der Waals surface area contributed by atoms with E-state index in [-0.39, 0.29) is 0 Å². The predicted octanol–water partition coefficient (Wildman–Crippen LogP) is 3.24. The molecule has 1 aromatic carbocycles. The lowest BCUT2D eigenvalue weighted by Gasteiger charge is -2.00. The summed E-state index contributed by atoms with van der Waals surface area (Å²) in [6.45, 7) is 4.07. The van der Waals surface area contributed by atoms with Crippen LogP contribution in [0.25, 0.3) is 0 Å². The number of rotatable bonds is 2. The molecule has 0 fully saturated rings. The molecule has 0 amide bonds. The Bertz CT molecular complexity index is 391. The van der Waals surface area contributed by atoms with Gasteiger partial charge in [0.15, 0.2) is 5.16 Å². The summed E-state index contributed by atoms with van der Waals surface area (Å²) in [4.78, 5) is 9.67. The minimum absolute atomic E-state index is 0.796. The fraction of sp³-hybridized carbons (Fsp3) is 0.167. The first-order valence-electron chi connectivity index (χ1n) is 4.77. The topological polar surface area (TPSA) is 25.8 Å². The van der Waals surface area contributed by atoms with E-state index >= 15 is 0 Å². The molecule has 0 aliphatic heterocycles. The average Bonchev–Trinajstić information content (AvgIpc) is 2.25. The van der Waals surface area contributed by atoms with Gasteiger partial charge in [0.25, 0.3) is 0 Å². The molecule has 15 heavy (non-hydrogen) atoms.